The smallest absolute Gasteiger partial charge is 0.260 e. The van der Waals surface area contributed by atoms with E-state index in [2.05, 4.69) is 15.8 Å². The first-order valence-electron chi connectivity index (χ1n) is 11.8. The van der Waals surface area contributed by atoms with Crippen molar-refractivity contribution >= 4 is 33.7 Å². The van der Waals surface area contributed by atoms with Crippen LogP contribution in [0.3, 0.4) is 0 Å². The van der Waals surface area contributed by atoms with E-state index in [1.54, 1.807) is 36.4 Å². The molecule has 0 unspecified atom stereocenters. The summed E-state index contributed by atoms with van der Waals surface area (Å²) in [6.07, 6.45) is 4.40. The number of sulfonamides is 1. The van der Waals surface area contributed by atoms with Gasteiger partial charge in [0, 0.05) is 19.2 Å². The SMILES string of the molecule is COc1ccc(OC)c(N(CC(=O)N/N=C\c2ccc(OCC(=O)NC[C@@H]3CCCO3)cc2)S(C)(=O)=O)c1. The quantitative estimate of drug-likeness (QED) is 0.281. The molecule has 1 fully saturated rings. The van der Waals surface area contributed by atoms with E-state index in [0.29, 0.717) is 23.6 Å². The number of nitrogens with one attached hydrogen (secondary N) is 2. The Kier molecular flexibility index (Phi) is 10.3. The Balaban J connectivity index is 1.51. The van der Waals surface area contributed by atoms with Crippen molar-refractivity contribution in [2.75, 3.05) is 51.1 Å². The molecule has 0 saturated carbocycles. The maximum Gasteiger partial charge on any atom is 0.260 e. The lowest BCUT2D eigenvalue weighted by Gasteiger charge is -2.23. The molecular formula is C25H32N4O8S. The number of ether oxygens (including phenoxy) is 4. The average molecular weight is 549 g/mol. The van der Waals surface area contributed by atoms with Crippen LogP contribution in [0.4, 0.5) is 5.69 Å². The minimum Gasteiger partial charge on any atom is -0.497 e. The minimum absolute atomic E-state index is 0.0668. The van der Waals surface area contributed by atoms with Crippen molar-refractivity contribution < 1.29 is 37.0 Å². The number of carbonyl (C=O) groups is 2. The Morgan fingerprint density at radius 1 is 1.11 bits per heavy atom. The van der Waals surface area contributed by atoms with E-state index in [0.717, 1.165) is 30.0 Å². The zero-order valence-corrected chi connectivity index (χ0v) is 22.3. The Labute approximate surface area is 221 Å². The first-order chi connectivity index (χ1) is 18.2. The van der Waals surface area contributed by atoms with Gasteiger partial charge >= 0.3 is 0 Å². The van der Waals surface area contributed by atoms with Crippen LogP contribution in [0.5, 0.6) is 17.2 Å². The van der Waals surface area contributed by atoms with E-state index in [4.69, 9.17) is 18.9 Å². The molecule has 1 aliphatic heterocycles. The predicted octanol–water partition coefficient (Wildman–Crippen LogP) is 1.29. The van der Waals surface area contributed by atoms with Gasteiger partial charge in [-0.05, 0) is 54.8 Å². The summed E-state index contributed by atoms with van der Waals surface area (Å²) in [5, 5.41) is 6.68. The molecule has 1 atom stereocenters. The molecule has 3 rings (SSSR count). The second-order valence-electron chi connectivity index (χ2n) is 8.40. The molecule has 2 aromatic carbocycles. The number of carbonyl (C=O) groups excluding carboxylic acids is 2. The first kappa shape index (κ1) is 28.7. The Morgan fingerprint density at radius 3 is 2.47 bits per heavy atom. The van der Waals surface area contributed by atoms with E-state index in [1.807, 2.05) is 0 Å². The Morgan fingerprint density at radius 2 is 1.84 bits per heavy atom. The molecule has 1 saturated heterocycles. The Bertz CT molecular complexity index is 1230. The van der Waals surface area contributed by atoms with Gasteiger partial charge in [-0.25, -0.2) is 13.8 Å². The second kappa shape index (κ2) is 13.6. The fourth-order valence-corrected chi connectivity index (χ4v) is 4.45. The van der Waals surface area contributed by atoms with Crippen molar-refractivity contribution in [3.8, 4) is 17.2 Å². The number of anilines is 1. The van der Waals surface area contributed by atoms with Crippen molar-refractivity contribution in [1.82, 2.24) is 10.7 Å². The molecule has 0 radical (unpaired) electrons. The van der Waals surface area contributed by atoms with Crippen molar-refractivity contribution in [3.63, 3.8) is 0 Å². The lowest BCUT2D eigenvalue weighted by Crippen LogP contribution is -2.39. The molecule has 206 valence electrons. The normalized spacial score (nSPS) is 15.2. The van der Waals surface area contributed by atoms with Crippen LogP contribution in [0, 0.1) is 0 Å². The van der Waals surface area contributed by atoms with Gasteiger partial charge in [0.25, 0.3) is 11.8 Å². The summed E-state index contributed by atoms with van der Waals surface area (Å²) in [5.74, 6) is 0.262. The third-order valence-electron chi connectivity index (χ3n) is 5.55. The maximum absolute atomic E-state index is 12.5. The van der Waals surface area contributed by atoms with E-state index in [1.165, 1.54) is 26.5 Å². The molecule has 0 aliphatic carbocycles. The van der Waals surface area contributed by atoms with Crippen LogP contribution in [0.15, 0.2) is 47.6 Å². The summed E-state index contributed by atoms with van der Waals surface area (Å²) in [7, 11) is -0.994. The van der Waals surface area contributed by atoms with Gasteiger partial charge in [-0.1, -0.05) is 0 Å². The van der Waals surface area contributed by atoms with Crippen LogP contribution in [0.25, 0.3) is 0 Å². The van der Waals surface area contributed by atoms with E-state index >= 15 is 0 Å². The summed E-state index contributed by atoms with van der Waals surface area (Å²) in [6, 6.07) is 11.3. The zero-order chi connectivity index (χ0) is 27.5. The van der Waals surface area contributed by atoms with Gasteiger partial charge in [-0.15, -0.1) is 0 Å². The number of nitrogens with zero attached hydrogens (tertiary/aromatic N) is 2. The number of amides is 2. The summed E-state index contributed by atoms with van der Waals surface area (Å²) < 4.78 is 47.1. The third-order valence-corrected chi connectivity index (χ3v) is 6.67. The van der Waals surface area contributed by atoms with Crippen LogP contribution < -0.4 is 29.3 Å². The highest BCUT2D eigenvalue weighted by atomic mass is 32.2. The number of hydrazone groups is 1. The molecule has 1 aliphatic rings. The molecule has 0 aromatic heterocycles. The molecular weight excluding hydrogens is 516 g/mol. The third kappa shape index (κ3) is 8.63. The average Bonchev–Trinajstić information content (AvgIpc) is 3.43. The summed E-state index contributed by atoms with van der Waals surface area (Å²) in [4.78, 5) is 24.4. The second-order valence-corrected chi connectivity index (χ2v) is 10.3. The predicted molar refractivity (Wildman–Crippen MR) is 141 cm³/mol. The highest BCUT2D eigenvalue weighted by Crippen LogP contribution is 2.33. The minimum atomic E-state index is -3.84. The standard InChI is InChI=1S/C25H32N4O8S/c1-34-20-10-11-23(35-2)22(13-20)29(38(3,32)33)16-24(30)28-27-14-18-6-8-19(9-7-18)37-17-25(31)26-15-21-5-4-12-36-21/h6-11,13-14,21H,4-5,12,15-17H2,1-3H3,(H,26,31)(H,28,30)/b27-14-/t21-/m0/s1. The number of rotatable bonds is 13. The van der Waals surface area contributed by atoms with Crippen LogP contribution in [0.1, 0.15) is 18.4 Å². The van der Waals surface area contributed by atoms with Crippen LogP contribution >= 0.6 is 0 Å². The highest BCUT2D eigenvalue weighted by molar-refractivity contribution is 7.92. The van der Waals surface area contributed by atoms with Gasteiger partial charge < -0.3 is 24.3 Å². The molecule has 0 bridgehead atoms. The van der Waals surface area contributed by atoms with Crippen LogP contribution in [0.2, 0.25) is 0 Å². The topological polar surface area (TPSA) is 145 Å². The first-order valence-corrected chi connectivity index (χ1v) is 13.7. The van der Waals surface area contributed by atoms with Gasteiger partial charge in [0.15, 0.2) is 6.61 Å². The van der Waals surface area contributed by atoms with Gasteiger partial charge in [0.1, 0.15) is 23.8 Å². The monoisotopic (exact) mass is 548 g/mol. The molecule has 13 heteroatoms. The van der Waals surface area contributed by atoms with Crippen LogP contribution in [-0.4, -0.2) is 79.3 Å². The van der Waals surface area contributed by atoms with Crippen molar-refractivity contribution in [1.29, 1.82) is 0 Å². The van der Waals surface area contributed by atoms with Crippen molar-refractivity contribution in [3.05, 3.63) is 48.0 Å². The highest BCUT2D eigenvalue weighted by Gasteiger charge is 2.24. The van der Waals surface area contributed by atoms with Crippen molar-refractivity contribution in [2.45, 2.75) is 18.9 Å². The largest absolute Gasteiger partial charge is 0.497 e. The number of hydrogen-bond acceptors (Lipinski definition) is 9. The summed E-state index contributed by atoms with van der Waals surface area (Å²) >= 11 is 0. The van der Waals surface area contributed by atoms with Gasteiger partial charge in [-0.2, -0.15) is 5.10 Å². The molecule has 0 spiro atoms. The van der Waals surface area contributed by atoms with E-state index in [9.17, 15) is 18.0 Å². The fourth-order valence-electron chi connectivity index (χ4n) is 3.60. The molecule has 2 aromatic rings. The molecule has 2 amide bonds. The number of methoxy groups -OCH3 is 2. The lowest BCUT2D eigenvalue weighted by molar-refractivity contribution is -0.123. The van der Waals surface area contributed by atoms with Gasteiger partial charge in [0.05, 0.1) is 38.5 Å². The van der Waals surface area contributed by atoms with Gasteiger partial charge in [-0.3, -0.25) is 13.9 Å². The maximum atomic E-state index is 12.5. The molecule has 1 heterocycles. The fraction of sp³-hybridized carbons (Fsp3) is 0.400. The van der Waals surface area contributed by atoms with E-state index in [-0.39, 0.29) is 30.1 Å². The Hall–Kier alpha value is -3.84. The molecule has 38 heavy (non-hydrogen) atoms. The van der Waals surface area contributed by atoms with E-state index < -0.39 is 22.5 Å². The summed E-state index contributed by atoms with van der Waals surface area (Å²) in [6.45, 7) is 0.554. The lowest BCUT2D eigenvalue weighted by atomic mass is 10.2. The van der Waals surface area contributed by atoms with Crippen molar-refractivity contribution in [2.24, 2.45) is 5.10 Å². The zero-order valence-electron chi connectivity index (χ0n) is 21.5. The molecule has 12 nitrogen and oxygen atoms in total. The van der Waals surface area contributed by atoms with Gasteiger partial charge in [0.2, 0.25) is 10.0 Å². The van der Waals surface area contributed by atoms with Crippen LogP contribution in [-0.2, 0) is 24.3 Å². The number of hydrogen-bond donors (Lipinski definition) is 2. The molecule has 2 N–H and O–H groups in total. The number of benzene rings is 2. The summed E-state index contributed by atoms with van der Waals surface area (Å²) in [5.41, 5.74) is 3.12.